The molecule has 1 aliphatic heterocycles. The Morgan fingerprint density at radius 3 is 2.28 bits per heavy atom. The third kappa shape index (κ3) is 2.85. The first kappa shape index (κ1) is 14.2. The summed E-state index contributed by atoms with van der Waals surface area (Å²) in [6.07, 6.45) is 5.58. The molecule has 18 heavy (non-hydrogen) atoms. The molecule has 104 valence electrons. The van der Waals surface area contributed by atoms with Gasteiger partial charge in [0.2, 0.25) is 5.91 Å². The summed E-state index contributed by atoms with van der Waals surface area (Å²) in [5, 5.41) is 1.10. The molecule has 1 saturated heterocycles. The van der Waals surface area contributed by atoms with Crippen molar-refractivity contribution in [2.24, 2.45) is 11.1 Å². The summed E-state index contributed by atoms with van der Waals surface area (Å²) in [7, 11) is 0. The van der Waals surface area contributed by atoms with Crippen LogP contribution < -0.4 is 5.73 Å². The van der Waals surface area contributed by atoms with Crippen LogP contribution in [0, 0.1) is 5.41 Å². The highest BCUT2D eigenvalue weighted by atomic mass is 32.2. The van der Waals surface area contributed by atoms with Crippen LogP contribution in [0.3, 0.4) is 0 Å². The molecule has 1 amide bonds. The summed E-state index contributed by atoms with van der Waals surface area (Å²) in [5.41, 5.74) is 5.73. The Morgan fingerprint density at radius 2 is 1.78 bits per heavy atom. The molecule has 2 rings (SSSR count). The molecule has 0 radical (unpaired) electrons. The minimum atomic E-state index is -0.236. The van der Waals surface area contributed by atoms with E-state index in [-0.39, 0.29) is 5.41 Å². The fourth-order valence-corrected chi connectivity index (χ4v) is 4.74. The van der Waals surface area contributed by atoms with Gasteiger partial charge in [0, 0.05) is 30.1 Å². The SMILES string of the molecule is CC1CN(C(=O)C2(CN)CCCCC2)CC(C)S1. The smallest absolute Gasteiger partial charge is 0.230 e. The van der Waals surface area contributed by atoms with Crippen LogP contribution in [0.25, 0.3) is 0 Å². The van der Waals surface area contributed by atoms with Crippen molar-refractivity contribution in [3.05, 3.63) is 0 Å². The molecule has 1 heterocycles. The molecule has 2 fully saturated rings. The molecule has 0 bridgehead atoms. The molecular formula is C14H26N2OS. The Morgan fingerprint density at radius 1 is 1.22 bits per heavy atom. The Hall–Kier alpha value is -0.220. The zero-order valence-corrected chi connectivity index (χ0v) is 12.5. The zero-order valence-electron chi connectivity index (χ0n) is 11.7. The number of nitrogens with two attached hydrogens (primary N) is 1. The second-order valence-electron chi connectivity index (χ2n) is 6.01. The van der Waals surface area contributed by atoms with Crippen LogP contribution in [-0.2, 0) is 4.79 Å². The average molecular weight is 270 g/mol. The Bertz CT molecular complexity index is 292. The molecule has 3 nitrogen and oxygen atoms in total. The van der Waals surface area contributed by atoms with Crippen LogP contribution >= 0.6 is 11.8 Å². The number of hydrogen-bond donors (Lipinski definition) is 1. The summed E-state index contributed by atoms with van der Waals surface area (Å²) in [5.74, 6) is 0.337. The normalized spacial score (nSPS) is 32.3. The fraction of sp³-hybridized carbons (Fsp3) is 0.929. The molecule has 2 N–H and O–H groups in total. The minimum Gasteiger partial charge on any atom is -0.340 e. The molecule has 0 aromatic heterocycles. The number of amides is 1. The van der Waals surface area contributed by atoms with Crippen LogP contribution in [0.15, 0.2) is 0 Å². The molecule has 4 heteroatoms. The fourth-order valence-electron chi connectivity index (χ4n) is 3.41. The quantitative estimate of drug-likeness (QED) is 0.837. The lowest BCUT2D eigenvalue weighted by Gasteiger charge is -2.42. The van der Waals surface area contributed by atoms with E-state index in [4.69, 9.17) is 5.73 Å². The first-order valence-electron chi connectivity index (χ1n) is 7.22. The molecule has 2 atom stereocenters. The average Bonchev–Trinajstić information content (AvgIpc) is 2.37. The van der Waals surface area contributed by atoms with Crippen LogP contribution in [0.2, 0.25) is 0 Å². The number of hydrogen-bond acceptors (Lipinski definition) is 3. The molecule has 0 aromatic carbocycles. The second kappa shape index (κ2) is 5.83. The van der Waals surface area contributed by atoms with Gasteiger partial charge in [-0.05, 0) is 12.8 Å². The topological polar surface area (TPSA) is 46.3 Å². The van der Waals surface area contributed by atoms with Crippen LogP contribution in [0.5, 0.6) is 0 Å². The van der Waals surface area contributed by atoms with Gasteiger partial charge in [-0.3, -0.25) is 4.79 Å². The third-order valence-electron chi connectivity index (χ3n) is 4.36. The zero-order chi connectivity index (χ0) is 13.2. The third-order valence-corrected chi connectivity index (χ3v) is 5.59. The van der Waals surface area contributed by atoms with E-state index in [9.17, 15) is 4.79 Å². The maximum Gasteiger partial charge on any atom is 0.230 e. The second-order valence-corrected chi connectivity index (χ2v) is 7.89. The summed E-state index contributed by atoms with van der Waals surface area (Å²) >= 11 is 1.99. The van der Waals surface area contributed by atoms with Gasteiger partial charge in [0.1, 0.15) is 0 Å². The Balaban J connectivity index is 2.08. The van der Waals surface area contributed by atoms with Gasteiger partial charge in [-0.25, -0.2) is 0 Å². The van der Waals surface area contributed by atoms with Crippen LogP contribution in [0.4, 0.5) is 0 Å². The molecule has 1 saturated carbocycles. The van der Waals surface area contributed by atoms with Crippen molar-refractivity contribution in [1.29, 1.82) is 0 Å². The lowest BCUT2D eigenvalue weighted by Crippen LogP contribution is -2.53. The Labute approximate surface area is 115 Å². The number of carbonyl (C=O) groups excluding carboxylic acids is 1. The van der Waals surface area contributed by atoms with Crippen LogP contribution in [-0.4, -0.2) is 40.9 Å². The predicted octanol–water partition coefficient (Wildman–Crippen LogP) is 2.25. The van der Waals surface area contributed by atoms with Crippen molar-refractivity contribution < 1.29 is 4.79 Å². The molecule has 0 aromatic rings. The number of thioether (sulfide) groups is 1. The van der Waals surface area contributed by atoms with E-state index in [1.807, 2.05) is 11.8 Å². The monoisotopic (exact) mass is 270 g/mol. The summed E-state index contributed by atoms with van der Waals surface area (Å²) in [6, 6.07) is 0. The van der Waals surface area contributed by atoms with Crippen molar-refractivity contribution in [3.8, 4) is 0 Å². The van der Waals surface area contributed by atoms with Gasteiger partial charge in [-0.1, -0.05) is 33.1 Å². The molecule has 0 spiro atoms. The first-order chi connectivity index (χ1) is 8.57. The Kier molecular flexibility index (Phi) is 4.59. The van der Waals surface area contributed by atoms with Crippen LogP contribution in [0.1, 0.15) is 46.0 Å². The van der Waals surface area contributed by atoms with E-state index in [1.54, 1.807) is 0 Å². The van der Waals surface area contributed by atoms with Gasteiger partial charge in [-0.2, -0.15) is 11.8 Å². The van der Waals surface area contributed by atoms with Gasteiger partial charge in [-0.15, -0.1) is 0 Å². The summed E-state index contributed by atoms with van der Waals surface area (Å²) in [4.78, 5) is 14.9. The minimum absolute atomic E-state index is 0.236. The first-order valence-corrected chi connectivity index (χ1v) is 8.16. The molecule has 2 aliphatic rings. The lowest BCUT2D eigenvalue weighted by atomic mass is 9.73. The van der Waals surface area contributed by atoms with Gasteiger partial charge in [0.05, 0.1) is 5.41 Å². The summed E-state index contributed by atoms with van der Waals surface area (Å²) in [6.45, 7) is 6.76. The number of carbonyl (C=O) groups is 1. The van der Waals surface area contributed by atoms with Crippen molar-refractivity contribution in [2.75, 3.05) is 19.6 Å². The molecule has 1 aliphatic carbocycles. The van der Waals surface area contributed by atoms with Crippen molar-refractivity contribution in [2.45, 2.75) is 56.5 Å². The van der Waals surface area contributed by atoms with E-state index in [2.05, 4.69) is 18.7 Å². The van der Waals surface area contributed by atoms with E-state index in [1.165, 1.54) is 6.42 Å². The maximum absolute atomic E-state index is 12.8. The molecule has 2 unspecified atom stereocenters. The highest BCUT2D eigenvalue weighted by Crippen LogP contribution is 2.38. The number of rotatable bonds is 2. The highest BCUT2D eigenvalue weighted by Gasteiger charge is 2.42. The maximum atomic E-state index is 12.8. The van der Waals surface area contributed by atoms with E-state index in [0.717, 1.165) is 38.8 Å². The standard InChI is InChI=1S/C14H26N2OS/c1-11-8-16(9-12(2)18-11)13(17)14(10-15)6-4-3-5-7-14/h11-12H,3-10,15H2,1-2H3. The number of nitrogens with zero attached hydrogens (tertiary/aromatic N) is 1. The predicted molar refractivity (Wildman–Crippen MR) is 77.7 cm³/mol. The van der Waals surface area contributed by atoms with Gasteiger partial charge in [0.25, 0.3) is 0 Å². The van der Waals surface area contributed by atoms with Crippen molar-refractivity contribution in [3.63, 3.8) is 0 Å². The van der Waals surface area contributed by atoms with Gasteiger partial charge < -0.3 is 10.6 Å². The van der Waals surface area contributed by atoms with E-state index in [0.29, 0.717) is 23.0 Å². The van der Waals surface area contributed by atoms with Crippen molar-refractivity contribution in [1.82, 2.24) is 4.90 Å². The summed E-state index contributed by atoms with van der Waals surface area (Å²) < 4.78 is 0. The van der Waals surface area contributed by atoms with Gasteiger partial charge >= 0.3 is 0 Å². The highest BCUT2D eigenvalue weighted by molar-refractivity contribution is 8.00. The van der Waals surface area contributed by atoms with Crippen molar-refractivity contribution >= 4 is 17.7 Å². The van der Waals surface area contributed by atoms with Gasteiger partial charge in [0.15, 0.2) is 0 Å². The molecular weight excluding hydrogens is 244 g/mol. The van der Waals surface area contributed by atoms with E-state index >= 15 is 0 Å². The lowest BCUT2D eigenvalue weighted by molar-refractivity contribution is -0.143. The largest absolute Gasteiger partial charge is 0.340 e. The van der Waals surface area contributed by atoms with E-state index < -0.39 is 0 Å².